The Morgan fingerprint density at radius 1 is 1.03 bits per heavy atom. The lowest BCUT2D eigenvalue weighted by atomic mass is 9.92. The lowest BCUT2D eigenvalue weighted by Crippen LogP contribution is -2.35. The number of nitrogens with zero attached hydrogens (tertiary/aromatic N) is 4. The number of aromatic nitrogens is 2. The molecule has 9 nitrogen and oxygen atoms in total. The Hall–Kier alpha value is -2.27. The fourth-order valence-corrected chi connectivity index (χ4v) is 5.57. The first-order valence-electron chi connectivity index (χ1n) is 12.7. The lowest BCUT2D eigenvalue weighted by molar-refractivity contribution is 0.0614. The van der Waals surface area contributed by atoms with Gasteiger partial charge < -0.3 is 19.1 Å². The van der Waals surface area contributed by atoms with Crippen molar-refractivity contribution in [3.63, 3.8) is 0 Å². The van der Waals surface area contributed by atoms with Gasteiger partial charge in [-0.25, -0.2) is 18.4 Å². The third-order valence-electron chi connectivity index (χ3n) is 6.94. The van der Waals surface area contributed by atoms with Gasteiger partial charge >= 0.3 is 0 Å². The first kappa shape index (κ1) is 26.8. The van der Waals surface area contributed by atoms with Crippen LogP contribution in [0.1, 0.15) is 42.4 Å². The van der Waals surface area contributed by atoms with Crippen LogP contribution in [-0.4, -0.2) is 75.5 Å². The molecule has 10 heteroatoms. The summed E-state index contributed by atoms with van der Waals surface area (Å²) in [5.41, 5.74) is 3.23. The summed E-state index contributed by atoms with van der Waals surface area (Å²) < 4.78 is 41.7. The molecule has 0 unspecified atom stereocenters. The van der Waals surface area contributed by atoms with Crippen molar-refractivity contribution in [1.29, 1.82) is 0 Å². The predicted molar refractivity (Wildman–Crippen MR) is 139 cm³/mol. The summed E-state index contributed by atoms with van der Waals surface area (Å²) in [6, 6.07) is 6.03. The van der Waals surface area contributed by atoms with Crippen molar-refractivity contribution in [3.05, 3.63) is 47.3 Å². The molecule has 1 fully saturated rings. The quantitative estimate of drug-likeness (QED) is 0.396. The summed E-state index contributed by atoms with van der Waals surface area (Å²) in [5.74, 6) is 2.37. The Kier molecular flexibility index (Phi) is 9.53. The van der Waals surface area contributed by atoms with E-state index in [1.54, 1.807) is 7.11 Å². The molecular weight excluding hydrogens is 480 g/mol. The van der Waals surface area contributed by atoms with E-state index in [2.05, 4.69) is 20.9 Å². The second-order valence-electron chi connectivity index (χ2n) is 9.63. The van der Waals surface area contributed by atoms with Crippen LogP contribution in [0.4, 0.5) is 5.95 Å². The molecule has 2 aliphatic rings. The van der Waals surface area contributed by atoms with Gasteiger partial charge in [-0.1, -0.05) is 6.07 Å². The second-order valence-corrected chi connectivity index (χ2v) is 11.6. The van der Waals surface area contributed by atoms with Gasteiger partial charge in [0.15, 0.2) is 0 Å². The monoisotopic (exact) mass is 518 g/mol. The van der Waals surface area contributed by atoms with Crippen LogP contribution in [0.3, 0.4) is 0 Å². The van der Waals surface area contributed by atoms with Crippen molar-refractivity contribution in [2.75, 3.05) is 57.7 Å². The summed E-state index contributed by atoms with van der Waals surface area (Å²) in [6.07, 6.45) is 10.2. The van der Waals surface area contributed by atoms with E-state index in [1.165, 1.54) is 16.1 Å². The lowest BCUT2D eigenvalue weighted by Gasteiger charge is -2.32. The van der Waals surface area contributed by atoms with E-state index in [4.69, 9.17) is 14.2 Å². The van der Waals surface area contributed by atoms with Crippen LogP contribution in [0.2, 0.25) is 0 Å². The maximum absolute atomic E-state index is 11.8. The van der Waals surface area contributed by atoms with E-state index in [9.17, 15) is 8.42 Å². The normalized spacial score (nSPS) is 17.2. The van der Waals surface area contributed by atoms with Crippen molar-refractivity contribution in [2.24, 2.45) is 5.92 Å². The van der Waals surface area contributed by atoms with E-state index in [0.29, 0.717) is 45.4 Å². The molecule has 0 aliphatic carbocycles. The molecule has 0 radical (unpaired) electrons. The van der Waals surface area contributed by atoms with Crippen LogP contribution in [0.15, 0.2) is 30.6 Å². The highest BCUT2D eigenvalue weighted by atomic mass is 32.2. The summed E-state index contributed by atoms with van der Waals surface area (Å²) >= 11 is 0. The standard InChI is InChI=1S/C26H38N4O5S/c1-33-14-15-34-20-22-17-27-26(28-18-22)29-10-7-21(8-11-29)4-3-13-35-25-6-5-24-19-30(36(2,31)32)12-9-23(24)16-25/h5-6,16-18,21H,3-4,7-15,19-20H2,1-2H3. The van der Waals surface area contributed by atoms with Crippen LogP contribution < -0.4 is 9.64 Å². The molecule has 0 amide bonds. The topological polar surface area (TPSA) is 94.1 Å². The number of methoxy groups -OCH3 is 1. The highest BCUT2D eigenvalue weighted by Gasteiger charge is 2.23. The Balaban J connectivity index is 1.14. The van der Waals surface area contributed by atoms with Gasteiger partial charge in [0, 0.05) is 51.2 Å². The van der Waals surface area contributed by atoms with Gasteiger partial charge in [0.25, 0.3) is 0 Å². The minimum atomic E-state index is -3.15. The first-order chi connectivity index (χ1) is 17.4. The largest absolute Gasteiger partial charge is 0.494 e. The van der Waals surface area contributed by atoms with E-state index in [-0.39, 0.29) is 0 Å². The zero-order valence-corrected chi connectivity index (χ0v) is 22.2. The van der Waals surface area contributed by atoms with Gasteiger partial charge in [-0.2, -0.15) is 4.31 Å². The number of rotatable bonds is 12. The van der Waals surface area contributed by atoms with E-state index < -0.39 is 10.0 Å². The molecule has 3 heterocycles. The van der Waals surface area contributed by atoms with Gasteiger partial charge in [0.1, 0.15) is 5.75 Å². The highest BCUT2D eigenvalue weighted by molar-refractivity contribution is 7.88. The van der Waals surface area contributed by atoms with Gasteiger partial charge in [0.2, 0.25) is 16.0 Å². The maximum atomic E-state index is 11.8. The number of ether oxygens (including phenoxy) is 3. The molecule has 1 aromatic heterocycles. The summed E-state index contributed by atoms with van der Waals surface area (Å²) in [7, 11) is -1.49. The first-order valence-corrected chi connectivity index (χ1v) is 14.6. The van der Waals surface area contributed by atoms with Crippen molar-refractivity contribution < 1.29 is 22.6 Å². The van der Waals surface area contributed by atoms with Crippen LogP contribution in [0, 0.1) is 5.92 Å². The molecule has 0 bridgehead atoms. The van der Waals surface area contributed by atoms with E-state index in [0.717, 1.165) is 68.0 Å². The minimum absolute atomic E-state index is 0.450. The van der Waals surface area contributed by atoms with Gasteiger partial charge in [-0.05, 0) is 61.3 Å². The number of hydrogen-bond donors (Lipinski definition) is 0. The predicted octanol–water partition coefficient (Wildman–Crippen LogP) is 3.03. The van der Waals surface area contributed by atoms with Crippen LogP contribution in [0.25, 0.3) is 0 Å². The van der Waals surface area contributed by atoms with Crippen molar-refractivity contribution in [1.82, 2.24) is 14.3 Å². The van der Waals surface area contributed by atoms with Gasteiger partial charge in [-0.15, -0.1) is 0 Å². The molecular formula is C26H38N4O5S. The van der Waals surface area contributed by atoms with Crippen LogP contribution >= 0.6 is 0 Å². The minimum Gasteiger partial charge on any atom is -0.494 e. The average molecular weight is 519 g/mol. The van der Waals surface area contributed by atoms with Crippen molar-refractivity contribution in [3.8, 4) is 5.75 Å². The second kappa shape index (κ2) is 12.8. The fourth-order valence-electron chi connectivity index (χ4n) is 4.78. The van der Waals surface area contributed by atoms with Crippen LogP contribution in [0.5, 0.6) is 5.75 Å². The maximum Gasteiger partial charge on any atom is 0.225 e. The highest BCUT2D eigenvalue weighted by Crippen LogP contribution is 2.27. The zero-order chi connectivity index (χ0) is 25.4. The number of benzene rings is 1. The number of piperidine rings is 1. The van der Waals surface area contributed by atoms with Crippen LogP contribution in [-0.2, 0) is 39.1 Å². The molecule has 1 aromatic carbocycles. The zero-order valence-electron chi connectivity index (χ0n) is 21.4. The number of hydrogen-bond acceptors (Lipinski definition) is 8. The summed E-state index contributed by atoms with van der Waals surface area (Å²) in [4.78, 5) is 11.3. The molecule has 2 aliphatic heterocycles. The Labute approximate surface area is 214 Å². The molecule has 0 atom stereocenters. The Morgan fingerprint density at radius 2 is 1.81 bits per heavy atom. The molecule has 2 aromatic rings. The summed E-state index contributed by atoms with van der Waals surface area (Å²) in [5, 5.41) is 0. The van der Waals surface area contributed by atoms with Crippen molar-refractivity contribution >= 4 is 16.0 Å². The van der Waals surface area contributed by atoms with Gasteiger partial charge in [-0.3, -0.25) is 0 Å². The third kappa shape index (κ3) is 7.61. The third-order valence-corrected chi connectivity index (χ3v) is 8.19. The molecule has 36 heavy (non-hydrogen) atoms. The number of sulfonamides is 1. The Morgan fingerprint density at radius 3 is 2.53 bits per heavy atom. The molecule has 0 N–H and O–H groups in total. The smallest absolute Gasteiger partial charge is 0.225 e. The molecule has 1 saturated heterocycles. The SMILES string of the molecule is COCCOCc1cnc(N2CCC(CCCOc3ccc4c(c3)CCN(S(C)(=O)=O)C4)CC2)nc1. The van der Waals surface area contributed by atoms with E-state index >= 15 is 0 Å². The number of anilines is 1. The van der Waals surface area contributed by atoms with E-state index in [1.807, 2.05) is 24.5 Å². The average Bonchev–Trinajstić information content (AvgIpc) is 2.89. The Bertz CT molecular complexity index is 1070. The molecule has 0 spiro atoms. The van der Waals surface area contributed by atoms with Gasteiger partial charge in [0.05, 0.1) is 32.7 Å². The molecule has 0 saturated carbocycles. The van der Waals surface area contributed by atoms with Crippen molar-refractivity contribution in [2.45, 2.75) is 45.3 Å². The summed E-state index contributed by atoms with van der Waals surface area (Å²) in [6.45, 7) is 5.29. The fraction of sp³-hybridized carbons (Fsp3) is 0.615. The molecule has 198 valence electrons. The molecule has 4 rings (SSSR count). The number of fused-ring (bicyclic) bond motifs is 1.